The zero-order valence-electron chi connectivity index (χ0n) is 16.0. The van der Waals surface area contributed by atoms with Crippen molar-refractivity contribution in [3.05, 3.63) is 58.4 Å². The summed E-state index contributed by atoms with van der Waals surface area (Å²) in [7, 11) is 0. The van der Waals surface area contributed by atoms with Gasteiger partial charge in [0.2, 0.25) is 0 Å². The molecule has 2 N–H and O–H groups in total. The average Bonchev–Trinajstić information content (AvgIpc) is 3.26. The van der Waals surface area contributed by atoms with E-state index in [1.54, 1.807) is 0 Å². The molecule has 1 fully saturated rings. The number of amides is 2. The Bertz CT molecular complexity index is 737. The van der Waals surface area contributed by atoms with Gasteiger partial charge in [-0.2, -0.15) is 0 Å². The molecule has 3 rings (SSSR count). The molecular weight excluding hydrogens is 326 g/mol. The highest BCUT2D eigenvalue weighted by Gasteiger charge is 2.16. The number of urea groups is 1. The Balaban J connectivity index is 1.56. The molecule has 0 saturated carbocycles. The summed E-state index contributed by atoms with van der Waals surface area (Å²) in [6.07, 6.45) is 4.34. The van der Waals surface area contributed by atoms with Crippen LogP contribution in [0.4, 0.5) is 4.79 Å². The van der Waals surface area contributed by atoms with Crippen LogP contribution in [0.5, 0.6) is 0 Å². The van der Waals surface area contributed by atoms with Crippen LogP contribution in [-0.2, 0) is 17.8 Å². The summed E-state index contributed by atoms with van der Waals surface area (Å²) in [4.78, 5) is 12.0. The minimum Gasteiger partial charge on any atom is -0.376 e. The molecule has 5 nitrogen and oxygen atoms in total. The van der Waals surface area contributed by atoms with E-state index in [1.165, 1.54) is 22.3 Å². The molecule has 1 aliphatic heterocycles. The van der Waals surface area contributed by atoms with Crippen molar-refractivity contribution in [2.75, 3.05) is 13.2 Å². The van der Waals surface area contributed by atoms with Gasteiger partial charge in [-0.1, -0.05) is 17.7 Å². The molecule has 1 atom stereocenters. The van der Waals surface area contributed by atoms with Crippen molar-refractivity contribution in [3.63, 3.8) is 0 Å². The maximum absolute atomic E-state index is 12.0. The first-order chi connectivity index (χ1) is 12.5. The number of aryl methyl sites for hydroxylation is 3. The summed E-state index contributed by atoms with van der Waals surface area (Å²) < 4.78 is 7.72. The molecule has 0 radical (unpaired) electrons. The predicted molar refractivity (Wildman–Crippen MR) is 103 cm³/mol. The van der Waals surface area contributed by atoms with E-state index >= 15 is 0 Å². The van der Waals surface area contributed by atoms with Crippen LogP contribution < -0.4 is 10.6 Å². The lowest BCUT2D eigenvalue weighted by atomic mass is 10.00. The van der Waals surface area contributed by atoms with Crippen LogP contribution in [0.1, 0.15) is 40.8 Å². The molecule has 1 aromatic heterocycles. The third-order valence-corrected chi connectivity index (χ3v) is 5.04. The van der Waals surface area contributed by atoms with Gasteiger partial charge in [-0.25, -0.2) is 4.79 Å². The van der Waals surface area contributed by atoms with Gasteiger partial charge in [0.25, 0.3) is 0 Å². The number of rotatable bonds is 6. The zero-order valence-corrected chi connectivity index (χ0v) is 16.0. The fraction of sp³-hybridized carbons (Fsp3) is 0.476. The van der Waals surface area contributed by atoms with E-state index in [9.17, 15) is 4.79 Å². The number of hydrogen-bond acceptors (Lipinski definition) is 2. The lowest BCUT2D eigenvalue weighted by Crippen LogP contribution is -2.39. The summed E-state index contributed by atoms with van der Waals surface area (Å²) >= 11 is 0. The van der Waals surface area contributed by atoms with E-state index in [0.29, 0.717) is 13.1 Å². The molecule has 26 heavy (non-hydrogen) atoms. The number of carbonyl (C=O) groups excluding carboxylic acids is 1. The molecular formula is C21H29N3O2. The van der Waals surface area contributed by atoms with Gasteiger partial charge < -0.3 is 19.9 Å². The van der Waals surface area contributed by atoms with E-state index in [1.807, 2.05) is 6.07 Å². The zero-order chi connectivity index (χ0) is 18.5. The number of aromatic nitrogens is 1. The van der Waals surface area contributed by atoms with Crippen LogP contribution in [0.15, 0.2) is 30.5 Å². The quantitative estimate of drug-likeness (QED) is 0.834. The smallest absolute Gasteiger partial charge is 0.315 e. The van der Waals surface area contributed by atoms with E-state index < -0.39 is 0 Å². The third kappa shape index (κ3) is 4.67. The van der Waals surface area contributed by atoms with Gasteiger partial charge in [-0.3, -0.25) is 0 Å². The van der Waals surface area contributed by atoms with Gasteiger partial charge in [-0.15, -0.1) is 0 Å². The van der Waals surface area contributed by atoms with Crippen molar-refractivity contribution in [1.29, 1.82) is 0 Å². The molecule has 0 unspecified atom stereocenters. The van der Waals surface area contributed by atoms with Crippen molar-refractivity contribution in [2.24, 2.45) is 0 Å². The fourth-order valence-electron chi connectivity index (χ4n) is 3.64. The van der Waals surface area contributed by atoms with E-state index in [-0.39, 0.29) is 12.1 Å². The summed E-state index contributed by atoms with van der Waals surface area (Å²) in [6, 6.07) is 8.39. The summed E-state index contributed by atoms with van der Waals surface area (Å²) in [5.74, 6) is 0. The van der Waals surface area contributed by atoms with Crippen LogP contribution in [0, 0.1) is 20.8 Å². The standard InChI is InChI=1S/C21H29N3O2/c1-15-10-16(2)20(17(3)11-15)14-24-8-4-6-18(24)12-22-21(25)23-13-19-7-5-9-26-19/h4,6,8,10-11,19H,5,7,9,12-14H2,1-3H3,(H2,22,23,25)/t19-/m1/s1. The number of nitrogens with zero attached hydrogens (tertiary/aromatic N) is 1. The van der Waals surface area contributed by atoms with E-state index in [4.69, 9.17) is 4.74 Å². The lowest BCUT2D eigenvalue weighted by Gasteiger charge is -2.16. The van der Waals surface area contributed by atoms with Crippen molar-refractivity contribution < 1.29 is 9.53 Å². The maximum atomic E-state index is 12.0. The number of nitrogens with one attached hydrogen (secondary N) is 2. The summed E-state index contributed by atoms with van der Waals surface area (Å²) in [5.41, 5.74) is 6.35. The Morgan fingerprint density at radius 3 is 2.69 bits per heavy atom. The molecule has 1 saturated heterocycles. The second-order valence-electron chi connectivity index (χ2n) is 7.20. The van der Waals surface area contributed by atoms with Gasteiger partial charge in [0.1, 0.15) is 0 Å². The molecule has 0 bridgehead atoms. The van der Waals surface area contributed by atoms with Gasteiger partial charge in [0.15, 0.2) is 0 Å². The third-order valence-electron chi connectivity index (χ3n) is 5.04. The molecule has 0 spiro atoms. The fourth-order valence-corrected chi connectivity index (χ4v) is 3.64. The highest BCUT2D eigenvalue weighted by atomic mass is 16.5. The topological polar surface area (TPSA) is 55.3 Å². The van der Waals surface area contributed by atoms with Crippen LogP contribution in [0.2, 0.25) is 0 Å². The van der Waals surface area contributed by atoms with Crippen LogP contribution in [0.25, 0.3) is 0 Å². The Kier molecular flexibility index (Phi) is 5.99. The Morgan fingerprint density at radius 1 is 1.23 bits per heavy atom. The summed E-state index contributed by atoms with van der Waals surface area (Å²) in [5, 5.41) is 5.84. The van der Waals surface area contributed by atoms with Crippen LogP contribution in [-0.4, -0.2) is 29.9 Å². The molecule has 0 aliphatic carbocycles. The van der Waals surface area contributed by atoms with Crippen molar-refractivity contribution >= 4 is 6.03 Å². The highest BCUT2D eigenvalue weighted by Crippen LogP contribution is 2.19. The molecule has 2 amide bonds. The summed E-state index contributed by atoms with van der Waals surface area (Å²) in [6.45, 7) is 9.16. The minimum atomic E-state index is -0.143. The second-order valence-corrected chi connectivity index (χ2v) is 7.20. The molecule has 140 valence electrons. The number of hydrogen-bond donors (Lipinski definition) is 2. The maximum Gasteiger partial charge on any atom is 0.315 e. The van der Waals surface area contributed by atoms with Gasteiger partial charge in [-0.05, 0) is 62.4 Å². The Morgan fingerprint density at radius 2 is 2.00 bits per heavy atom. The molecule has 2 heterocycles. The van der Waals surface area contributed by atoms with Crippen LogP contribution in [0.3, 0.4) is 0 Å². The Labute approximate surface area is 155 Å². The number of benzene rings is 1. The lowest BCUT2D eigenvalue weighted by molar-refractivity contribution is 0.111. The van der Waals surface area contributed by atoms with Crippen molar-refractivity contribution in [2.45, 2.75) is 52.8 Å². The molecule has 1 aliphatic rings. The normalized spacial score (nSPS) is 16.7. The monoisotopic (exact) mass is 355 g/mol. The highest BCUT2D eigenvalue weighted by molar-refractivity contribution is 5.73. The predicted octanol–water partition coefficient (Wildman–Crippen LogP) is 3.44. The molecule has 2 aromatic rings. The van der Waals surface area contributed by atoms with E-state index in [2.05, 4.69) is 60.4 Å². The van der Waals surface area contributed by atoms with E-state index in [0.717, 1.165) is 31.7 Å². The number of carbonyl (C=O) groups is 1. The largest absolute Gasteiger partial charge is 0.376 e. The minimum absolute atomic E-state index is 0.143. The van der Waals surface area contributed by atoms with Crippen LogP contribution >= 0.6 is 0 Å². The van der Waals surface area contributed by atoms with Gasteiger partial charge >= 0.3 is 6.03 Å². The number of ether oxygens (including phenoxy) is 1. The SMILES string of the molecule is Cc1cc(C)c(Cn2cccc2CNC(=O)NC[C@H]2CCCO2)c(C)c1. The van der Waals surface area contributed by atoms with Crippen molar-refractivity contribution in [3.8, 4) is 0 Å². The first-order valence-electron chi connectivity index (χ1n) is 9.37. The second kappa shape index (κ2) is 8.41. The Hall–Kier alpha value is -2.27. The first kappa shape index (κ1) is 18.5. The van der Waals surface area contributed by atoms with Gasteiger partial charge in [0, 0.05) is 31.6 Å². The first-order valence-corrected chi connectivity index (χ1v) is 9.37. The molecule has 1 aromatic carbocycles. The van der Waals surface area contributed by atoms with Crippen molar-refractivity contribution in [1.82, 2.24) is 15.2 Å². The molecule has 5 heteroatoms. The average molecular weight is 355 g/mol. The van der Waals surface area contributed by atoms with Gasteiger partial charge in [0.05, 0.1) is 12.6 Å².